The van der Waals surface area contributed by atoms with Gasteiger partial charge in [-0.1, -0.05) is 6.07 Å². The van der Waals surface area contributed by atoms with Gasteiger partial charge in [-0.3, -0.25) is 14.4 Å². The van der Waals surface area contributed by atoms with Crippen LogP contribution in [0.2, 0.25) is 0 Å². The van der Waals surface area contributed by atoms with Crippen molar-refractivity contribution in [1.82, 2.24) is 5.32 Å². The zero-order chi connectivity index (χ0) is 18.4. The largest absolute Gasteiger partial charge is 0.481 e. The van der Waals surface area contributed by atoms with Gasteiger partial charge in [0.15, 0.2) is 5.76 Å². The summed E-state index contributed by atoms with van der Waals surface area (Å²) >= 11 is 0. The number of rotatable bonds is 7. The van der Waals surface area contributed by atoms with Gasteiger partial charge in [0.1, 0.15) is 0 Å². The molecule has 1 aromatic heterocycles. The van der Waals surface area contributed by atoms with E-state index in [1.807, 2.05) is 0 Å². The summed E-state index contributed by atoms with van der Waals surface area (Å²) in [5, 5.41) is 14.2. The second kappa shape index (κ2) is 7.65. The van der Waals surface area contributed by atoms with Crippen LogP contribution in [0.4, 0.5) is 5.69 Å². The number of furan rings is 1. The van der Waals surface area contributed by atoms with Gasteiger partial charge in [0.25, 0.3) is 11.8 Å². The lowest BCUT2D eigenvalue weighted by Crippen LogP contribution is -2.43. The molecule has 1 aromatic carbocycles. The number of carbonyl (C=O) groups excluding carboxylic acids is 2. The maximum absolute atomic E-state index is 12.4. The minimum absolute atomic E-state index is 0.0352. The van der Waals surface area contributed by atoms with Crippen LogP contribution in [0.3, 0.4) is 0 Å². The number of aliphatic carboxylic acids is 1. The van der Waals surface area contributed by atoms with Gasteiger partial charge in [-0.25, -0.2) is 0 Å². The average Bonchev–Trinajstić information content (AvgIpc) is 3.07. The van der Waals surface area contributed by atoms with E-state index in [0.29, 0.717) is 17.7 Å². The SMILES string of the molecule is CC(C)(CCC(=O)O)NC(=O)c1cccc(NC(=O)c2ccco2)c1. The zero-order valence-corrected chi connectivity index (χ0v) is 14.0. The number of nitrogens with one attached hydrogen (secondary N) is 2. The highest BCUT2D eigenvalue weighted by atomic mass is 16.4. The molecule has 2 amide bonds. The lowest BCUT2D eigenvalue weighted by atomic mass is 9.97. The van der Waals surface area contributed by atoms with Gasteiger partial charge in [-0.05, 0) is 50.6 Å². The molecule has 0 fully saturated rings. The number of carbonyl (C=O) groups is 3. The van der Waals surface area contributed by atoms with Crippen molar-refractivity contribution >= 4 is 23.5 Å². The second-order valence-corrected chi connectivity index (χ2v) is 6.24. The van der Waals surface area contributed by atoms with Crippen LogP contribution in [-0.2, 0) is 4.79 Å². The molecule has 0 bridgehead atoms. The van der Waals surface area contributed by atoms with E-state index in [-0.39, 0.29) is 18.1 Å². The number of hydrogen-bond donors (Lipinski definition) is 3. The summed E-state index contributed by atoms with van der Waals surface area (Å²) in [5.74, 6) is -1.50. The van der Waals surface area contributed by atoms with E-state index in [4.69, 9.17) is 9.52 Å². The van der Waals surface area contributed by atoms with Crippen LogP contribution in [0, 0.1) is 0 Å². The van der Waals surface area contributed by atoms with Crippen LogP contribution < -0.4 is 10.6 Å². The molecule has 0 aliphatic carbocycles. The van der Waals surface area contributed by atoms with E-state index >= 15 is 0 Å². The fourth-order valence-corrected chi connectivity index (χ4v) is 2.20. The summed E-state index contributed by atoms with van der Waals surface area (Å²) in [5.41, 5.74) is 0.154. The first-order chi connectivity index (χ1) is 11.8. The predicted octanol–water partition coefficient (Wildman–Crippen LogP) is 2.91. The molecule has 7 heteroatoms. The highest BCUT2D eigenvalue weighted by Crippen LogP contribution is 2.16. The van der Waals surface area contributed by atoms with Crippen LogP contribution in [0.1, 0.15) is 47.6 Å². The third-order valence-corrected chi connectivity index (χ3v) is 3.54. The first-order valence-electron chi connectivity index (χ1n) is 7.76. The van der Waals surface area contributed by atoms with Crippen molar-refractivity contribution < 1.29 is 23.9 Å². The Kier molecular flexibility index (Phi) is 5.59. The number of benzene rings is 1. The van der Waals surface area contributed by atoms with E-state index < -0.39 is 17.4 Å². The zero-order valence-electron chi connectivity index (χ0n) is 14.0. The molecule has 0 atom stereocenters. The average molecular weight is 344 g/mol. The van der Waals surface area contributed by atoms with E-state index in [2.05, 4.69) is 10.6 Å². The lowest BCUT2D eigenvalue weighted by molar-refractivity contribution is -0.137. The van der Waals surface area contributed by atoms with Crippen molar-refractivity contribution in [2.75, 3.05) is 5.32 Å². The van der Waals surface area contributed by atoms with E-state index in [1.54, 1.807) is 44.2 Å². The normalized spacial score (nSPS) is 11.0. The highest BCUT2D eigenvalue weighted by molar-refractivity contribution is 6.03. The van der Waals surface area contributed by atoms with Gasteiger partial charge in [-0.2, -0.15) is 0 Å². The molecule has 0 unspecified atom stereocenters. The smallest absolute Gasteiger partial charge is 0.303 e. The summed E-state index contributed by atoms with van der Waals surface area (Å²) in [4.78, 5) is 35.0. The molecule has 0 radical (unpaired) electrons. The van der Waals surface area contributed by atoms with Crippen molar-refractivity contribution in [2.24, 2.45) is 0 Å². The number of carboxylic acid groups (broad SMARTS) is 1. The Labute approximate surface area is 145 Å². The highest BCUT2D eigenvalue weighted by Gasteiger charge is 2.22. The Bertz CT molecular complexity index is 766. The van der Waals surface area contributed by atoms with Crippen molar-refractivity contribution in [3.63, 3.8) is 0 Å². The van der Waals surface area contributed by atoms with E-state index in [1.165, 1.54) is 12.3 Å². The Morgan fingerprint density at radius 2 is 1.88 bits per heavy atom. The summed E-state index contributed by atoms with van der Waals surface area (Å²) in [6.07, 6.45) is 1.67. The number of anilines is 1. The minimum Gasteiger partial charge on any atom is -0.481 e. The Balaban J connectivity index is 2.03. The predicted molar refractivity (Wildman–Crippen MR) is 91.5 cm³/mol. The molecule has 25 heavy (non-hydrogen) atoms. The summed E-state index contributed by atoms with van der Waals surface area (Å²) in [6, 6.07) is 9.62. The third kappa shape index (κ3) is 5.49. The van der Waals surface area contributed by atoms with Crippen LogP contribution >= 0.6 is 0 Å². The standard InChI is InChI=1S/C18H20N2O5/c1-18(2,9-8-15(21)22)20-16(23)12-5-3-6-13(11-12)19-17(24)14-7-4-10-25-14/h3-7,10-11H,8-9H2,1-2H3,(H,19,24)(H,20,23)(H,21,22). The molecule has 2 aromatic rings. The first kappa shape index (κ1) is 18.3. The second-order valence-electron chi connectivity index (χ2n) is 6.24. The lowest BCUT2D eigenvalue weighted by Gasteiger charge is -2.25. The van der Waals surface area contributed by atoms with Crippen LogP contribution in [0.5, 0.6) is 0 Å². The molecule has 3 N–H and O–H groups in total. The minimum atomic E-state index is -0.912. The Hall–Kier alpha value is -3.09. The molecular formula is C18H20N2O5. The molecule has 132 valence electrons. The van der Waals surface area contributed by atoms with Gasteiger partial charge < -0.3 is 20.2 Å². The number of carboxylic acids is 1. The number of amides is 2. The monoisotopic (exact) mass is 344 g/mol. The molecule has 0 aliphatic rings. The van der Waals surface area contributed by atoms with Gasteiger partial charge in [0.05, 0.1) is 6.26 Å². The van der Waals surface area contributed by atoms with Crippen molar-refractivity contribution in [1.29, 1.82) is 0 Å². The maximum atomic E-state index is 12.4. The molecule has 0 aliphatic heterocycles. The van der Waals surface area contributed by atoms with E-state index in [0.717, 1.165) is 0 Å². The Morgan fingerprint density at radius 3 is 2.52 bits per heavy atom. The molecular weight excluding hydrogens is 324 g/mol. The van der Waals surface area contributed by atoms with Crippen molar-refractivity contribution in [3.05, 3.63) is 54.0 Å². The van der Waals surface area contributed by atoms with Crippen molar-refractivity contribution in [2.45, 2.75) is 32.2 Å². The molecule has 2 rings (SSSR count). The third-order valence-electron chi connectivity index (χ3n) is 3.54. The molecule has 1 heterocycles. The van der Waals surface area contributed by atoms with E-state index in [9.17, 15) is 14.4 Å². The van der Waals surface area contributed by atoms with Gasteiger partial charge >= 0.3 is 5.97 Å². The van der Waals surface area contributed by atoms with Crippen molar-refractivity contribution in [3.8, 4) is 0 Å². The molecule has 0 saturated heterocycles. The molecule has 0 spiro atoms. The van der Waals surface area contributed by atoms with Gasteiger partial charge in [0.2, 0.25) is 0 Å². The molecule has 0 saturated carbocycles. The maximum Gasteiger partial charge on any atom is 0.303 e. The Morgan fingerprint density at radius 1 is 1.12 bits per heavy atom. The fourth-order valence-electron chi connectivity index (χ4n) is 2.20. The first-order valence-corrected chi connectivity index (χ1v) is 7.76. The fraction of sp³-hybridized carbons (Fsp3) is 0.278. The molecule has 7 nitrogen and oxygen atoms in total. The van der Waals surface area contributed by atoms with Crippen LogP contribution in [0.25, 0.3) is 0 Å². The summed E-state index contributed by atoms with van der Waals surface area (Å²) in [7, 11) is 0. The quantitative estimate of drug-likeness (QED) is 0.715. The van der Waals surface area contributed by atoms with Gasteiger partial charge in [0, 0.05) is 23.2 Å². The summed E-state index contributed by atoms with van der Waals surface area (Å²) in [6.45, 7) is 3.52. The topological polar surface area (TPSA) is 109 Å². The summed E-state index contributed by atoms with van der Waals surface area (Å²) < 4.78 is 5.02. The number of hydrogen-bond acceptors (Lipinski definition) is 4. The van der Waals surface area contributed by atoms with Crippen LogP contribution in [0.15, 0.2) is 47.1 Å². The van der Waals surface area contributed by atoms with Gasteiger partial charge in [-0.15, -0.1) is 0 Å². The van der Waals surface area contributed by atoms with Crippen LogP contribution in [-0.4, -0.2) is 28.4 Å².